The molecule has 2 heterocycles. The second-order valence-corrected chi connectivity index (χ2v) is 5.32. The normalized spacial score (nSPS) is 18.1. The molecule has 0 bridgehead atoms. The van der Waals surface area contributed by atoms with Gasteiger partial charge in [0, 0.05) is 32.9 Å². The highest BCUT2D eigenvalue weighted by Crippen LogP contribution is 2.10. The summed E-state index contributed by atoms with van der Waals surface area (Å²) in [5, 5.41) is 7.56. The summed E-state index contributed by atoms with van der Waals surface area (Å²) in [4.78, 5) is 14.3. The Bertz CT molecular complexity index is 407. The molecule has 1 aromatic rings. The van der Waals surface area contributed by atoms with Crippen molar-refractivity contribution in [3.05, 3.63) is 18.0 Å². The number of aryl methyl sites for hydroxylation is 1. The van der Waals surface area contributed by atoms with Crippen molar-refractivity contribution in [2.24, 2.45) is 7.05 Å². The fraction of sp³-hybridized carbons (Fsp3) is 0.714. The molecule has 1 fully saturated rings. The average Bonchev–Trinajstić information content (AvgIpc) is 2.67. The summed E-state index contributed by atoms with van der Waals surface area (Å²) in [6, 6.07) is 1.83. The fourth-order valence-electron chi connectivity index (χ4n) is 2.47. The van der Waals surface area contributed by atoms with Gasteiger partial charge in [-0.25, -0.2) is 0 Å². The summed E-state index contributed by atoms with van der Waals surface area (Å²) in [5.74, 6) is 0.220. The first-order valence-electron chi connectivity index (χ1n) is 7.17. The number of carbonyl (C=O) groups excluding carboxylic acids is 1. The van der Waals surface area contributed by atoms with E-state index in [2.05, 4.69) is 10.4 Å². The number of aromatic nitrogens is 2. The van der Waals surface area contributed by atoms with Crippen LogP contribution in [0.1, 0.15) is 38.3 Å². The molecular weight excluding hydrogens is 240 g/mol. The monoisotopic (exact) mass is 264 g/mol. The SMILES string of the molecule is CC(NCc1ccn(C)n1)C(=O)N1CCCCCC1. The third-order valence-corrected chi connectivity index (χ3v) is 3.65. The third kappa shape index (κ3) is 4.06. The summed E-state index contributed by atoms with van der Waals surface area (Å²) < 4.78 is 1.78. The first-order chi connectivity index (χ1) is 9.16. The molecule has 1 aliphatic heterocycles. The highest BCUT2D eigenvalue weighted by Gasteiger charge is 2.20. The molecule has 0 aromatic carbocycles. The molecule has 19 heavy (non-hydrogen) atoms. The van der Waals surface area contributed by atoms with E-state index >= 15 is 0 Å². The number of amides is 1. The van der Waals surface area contributed by atoms with Crippen LogP contribution in [0, 0.1) is 0 Å². The van der Waals surface area contributed by atoms with Crippen molar-refractivity contribution < 1.29 is 4.79 Å². The van der Waals surface area contributed by atoms with E-state index in [9.17, 15) is 4.79 Å². The molecule has 2 rings (SSSR count). The number of rotatable bonds is 4. The van der Waals surface area contributed by atoms with Gasteiger partial charge in [-0.2, -0.15) is 5.10 Å². The number of nitrogens with zero attached hydrogens (tertiary/aromatic N) is 3. The van der Waals surface area contributed by atoms with Gasteiger partial charge in [-0.3, -0.25) is 9.48 Å². The van der Waals surface area contributed by atoms with Crippen LogP contribution in [0.15, 0.2) is 12.3 Å². The lowest BCUT2D eigenvalue weighted by Gasteiger charge is -2.24. The van der Waals surface area contributed by atoms with Crippen molar-refractivity contribution in [3.63, 3.8) is 0 Å². The molecule has 1 amide bonds. The van der Waals surface area contributed by atoms with E-state index < -0.39 is 0 Å². The van der Waals surface area contributed by atoms with Crippen LogP contribution < -0.4 is 5.32 Å². The van der Waals surface area contributed by atoms with Crippen molar-refractivity contribution in [3.8, 4) is 0 Å². The van der Waals surface area contributed by atoms with Crippen LogP contribution in [0.25, 0.3) is 0 Å². The summed E-state index contributed by atoms with van der Waals surface area (Å²) in [6.07, 6.45) is 6.69. The number of likely N-dealkylation sites (tertiary alicyclic amines) is 1. The lowest BCUT2D eigenvalue weighted by molar-refractivity contribution is -0.133. The Morgan fingerprint density at radius 1 is 1.37 bits per heavy atom. The number of hydrogen-bond acceptors (Lipinski definition) is 3. The van der Waals surface area contributed by atoms with Gasteiger partial charge in [-0.15, -0.1) is 0 Å². The minimum Gasteiger partial charge on any atom is -0.341 e. The largest absolute Gasteiger partial charge is 0.341 e. The van der Waals surface area contributed by atoms with Crippen LogP contribution in [0.2, 0.25) is 0 Å². The Morgan fingerprint density at radius 3 is 2.63 bits per heavy atom. The van der Waals surface area contributed by atoms with Crippen molar-refractivity contribution in [1.82, 2.24) is 20.0 Å². The second-order valence-electron chi connectivity index (χ2n) is 5.32. The van der Waals surface area contributed by atoms with E-state index in [-0.39, 0.29) is 11.9 Å². The predicted molar refractivity (Wildman–Crippen MR) is 74.6 cm³/mol. The maximum atomic E-state index is 12.3. The molecule has 0 spiro atoms. The maximum absolute atomic E-state index is 12.3. The molecule has 0 radical (unpaired) electrons. The van der Waals surface area contributed by atoms with Gasteiger partial charge in [0.05, 0.1) is 11.7 Å². The van der Waals surface area contributed by atoms with Crippen molar-refractivity contribution in [2.75, 3.05) is 13.1 Å². The van der Waals surface area contributed by atoms with Gasteiger partial charge in [0.15, 0.2) is 0 Å². The summed E-state index contributed by atoms with van der Waals surface area (Å²) in [7, 11) is 1.90. The van der Waals surface area contributed by atoms with Gasteiger partial charge in [-0.1, -0.05) is 12.8 Å². The Balaban J connectivity index is 1.81. The Morgan fingerprint density at radius 2 is 2.05 bits per heavy atom. The van der Waals surface area contributed by atoms with E-state index in [1.807, 2.05) is 31.1 Å². The number of hydrogen-bond donors (Lipinski definition) is 1. The van der Waals surface area contributed by atoms with Gasteiger partial charge >= 0.3 is 0 Å². The van der Waals surface area contributed by atoms with E-state index in [1.54, 1.807) is 4.68 Å². The van der Waals surface area contributed by atoms with Gasteiger partial charge in [0.1, 0.15) is 0 Å². The molecule has 1 atom stereocenters. The van der Waals surface area contributed by atoms with Crippen molar-refractivity contribution >= 4 is 5.91 Å². The molecule has 1 aromatic heterocycles. The Hall–Kier alpha value is -1.36. The third-order valence-electron chi connectivity index (χ3n) is 3.65. The van der Waals surface area contributed by atoms with Crippen LogP contribution >= 0.6 is 0 Å². The zero-order valence-electron chi connectivity index (χ0n) is 11.9. The zero-order chi connectivity index (χ0) is 13.7. The molecule has 5 nitrogen and oxygen atoms in total. The highest BCUT2D eigenvalue weighted by molar-refractivity contribution is 5.81. The average molecular weight is 264 g/mol. The van der Waals surface area contributed by atoms with Crippen LogP contribution in [0.4, 0.5) is 0 Å². The van der Waals surface area contributed by atoms with E-state index in [4.69, 9.17) is 0 Å². The molecule has 1 N–H and O–H groups in total. The van der Waals surface area contributed by atoms with Crippen LogP contribution in [-0.4, -0.2) is 39.7 Å². The standard InChI is InChI=1S/C14H24N4O/c1-12(15-11-13-7-10-17(2)16-13)14(19)18-8-5-3-4-6-9-18/h7,10,12,15H,3-6,8-9,11H2,1-2H3. The molecule has 0 aliphatic carbocycles. The first-order valence-corrected chi connectivity index (χ1v) is 7.17. The Labute approximate surface area is 115 Å². The molecule has 5 heteroatoms. The summed E-state index contributed by atoms with van der Waals surface area (Å²) >= 11 is 0. The maximum Gasteiger partial charge on any atom is 0.239 e. The molecule has 1 unspecified atom stereocenters. The molecule has 0 saturated carbocycles. The van der Waals surface area contributed by atoms with Gasteiger partial charge in [-0.05, 0) is 25.8 Å². The molecular formula is C14H24N4O. The minimum absolute atomic E-state index is 0.139. The minimum atomic E-state index is -0.139. The lowest BCUT2D eigenvalue weighted by Crippen LogP contribution is -2.45. The van der Waals surface area contributed by atoms with E-state index in [0.29, 0.717) is 6.54 Å². The highest BCUT2D eigenvalue weighted by atomic mass is 16.2. The smallest absolute Gasteiger partial charge is 0.239 e. The van der Waals surface area contributed by atoms with E-state index in [0.717, 1.165) is 31.6 Å². The predicted octanol–water partition coefficient (Wildman–Crippen LogP) is 1.30. The molecule has 1 aliphatic rings. The summed E-state index contributed by atoms with van der Waals surface area (Å²) in [5.41, 5.74) is 0.970. The van der Waals surface area contributed by atoms with E-state index in [1.165, 1.54) is 12.8 Å². The topological polar surface area (TPSA) is 50.2 Å². The molecule has 106 valence electrons. The summed E-state index contributed by atoms with van der Waals surface area (Å²) in [6.45, 7) is 4.40. The van der Waals surface area contributed by atoms with Crippen molar-refractivity contribution in [1.29, 1.82) is 0 Å². The van der Waals surface area contributed by atoms with Gasteiger partial charge in [0.25, 0.3) is 0 Å². The van der Waals surface area contributed by atoms with Gasteiger partial charge in [0.2, 0.25) is 5.91 Å². The van der Waals surface area contributed by atoms with Crippen molar-refractivity contribution in [2.45, 2.75) is 45.2 Å². The lowest BCUT2D eigenvalue weighted by atomic mass is 10.2. The van der Waals surface area contributed by atoms with Crippen LogP contribution in [0.3, 0.4) is 0 Å². The van der Waals surface area contributed by atoms with Crippen LogP contribution in [-0.2, 0) is 18.4 Å². The Kier molecular flexibility index (Phi) is 4.96. The fourth-order valence-corrected chi connectivity index (χ4v) is 2.47. The quantitative estimate of drug-likeness (QED) is 0.892. The molecule has 1 saturated heterocycles. The van der Waals surface area contributed by atoms with Gasteiger partial charge < -0.3 is 10.2 Å². The number of nitrogens with one attached hydrogen (secondary N) is 1. The van der Waals surface area contributed by atoms with Crippen LogP contribution in [0.5, 0.6) is 0 Å². The number of carbonyl (C=O) groups is 1. The first kappa shape index (κ1) is 14.1. The second kappa shape index (κ2) is 6.70. The zero-order valence-corrected chi connectivity index (χ0v) is 11.9.